The number of alkyl halides is 1. The van der Waals surface area contributed by atoms with Gasteiger partial charge in [-0.1, -0.05) is 12.1 Å². The Balaban J connectivity index is 2.67. The van der Waals surface area contributed by atoms with Gasteiger partial charge in [-0.2, -0.15) is 0 Å². The smallest absolute Gasteiger partial charge is 0.253 e. The summed E-state index contributed by atoms with van der Waals surface area (Å²) in [6.07, 6.45) is -0.680. The second-order valence-corrected chi connectivity index (χ2v) is 4.40. The van der Waals surface area contributed by atoms with Crippen molar-refractivity contribution in [2.75, 3.05) is 27.3 Å². The average Bonchev–Trinajstić information content (AvgIpc) is 2.38. The van der Waals surface area contributed by atoms with E-state index in [1.165, 1.54) is 12.0 Å². The topological polar surface area (TPSA) is 49.8 Å². The van der Waals surface area contributed by atoms with Crippen LogP contribution in [0.2, 0.25) is 0 Å². The number of likely N-dealkylation sites (N-methyl/N-ethyl adjacent to an activating group) is 1. The molecule has 18 heavy (non-hydrogen) atoms. The Hall–Kier alpha value is -1.10. The summed E-state index contributed by atoms with van der Waals surface area (Å²) in [4.78, 5) is 13.6. The van der Waals surface area contributed by atoms with E-state index >= 15 is 0 Å². The molecule has 0 heterocycles. The number of methoxy groups -OCH3 is 1. The minimum atomic E-state index is -0.680. The number of amides is 1. The molecule has 1 N–H and O–H groups in total. The molecule has 0 saturated carbocycles. The first kappa shape index (κ1) is 15.0. The number of nitrogens with zero attached hydrogens (tertiary/aromatic N) is 1. The summed E-state index contributed by atoms with van der Waals surface area (Å²) < 4.78 is 4.82. The molecule has 0 saturated heterocycles. The number of hydrogen-bond acceptors (Lipinski definition) is 3. The molecule has 0 bridgehead atoms. The zero-order valence-corrected chi connectivity index (χ0v) is 11.4. The quantitative estimate of drug-likeness (QED) is 0.798. The molecule has 1 amide bonds. The van der Waals surface area contributed by atoms with Gasteiger partial charge in [-0.3, -0.25) is 4.79 Å². The van der Waals surface area contributed by atoms with Crippen LogP contribution in [0.15, 0.2) is 24.3 Å². The number of ether oxygens (including phenoxy) is 1. The van der Waals surface area contributed by atoms with E-state index in [4.69, 9.17) is 16.3 Å². The van der Waals surface area contributed by atoms with E-state index in [0.29, 0.717) is 11.4 Å². The fourth-order valence-electron chi connectivity index (χ4n) is 1.65. The van der Waals surface area contributed by atoms with Crippen LogP contribution in [0.5, 0.6) is 0 Å². The Labute approximate surface area is 112 Å². The zero-order chi connectivity index (χ0) is 13.5. The van der Waals surface area contributed by atoms with Gasteiger partial charge in [0.25, 0.3) is 5.91 Å². The lowest BCUT2D eigenvalue weighted by Crippen LogP contribution is -2.36. The molecule has 0 aliphatic heterocycles. The Morgan fingerprint density at radius 3 is 2.89 bits per heavy atom. The summed E-state index contributed by atoms with van der Waals surface area (Å²) >= 11 is 5.73. The predicted molar refractivity (Wildman–Crippen MR) is 70.8 cm³/mol. The van der Waals surface area contributed by atoms with Crippen LogP contribution in [-0.2, 0) is 10.6 Å². The molecule has 0 aliphatic carbocycles. The number of benzene rings is 1. The van der Waals surface area contributed by atoms with Gasteiger partial charge < -0.3 is 14.7 Å². The van der Waals surface area contributed by atoms with Gasteiger partial charge in [0, 0.05) is 32.1 Å². The van der Waals surface area contributed by atoms with Gasteiger partial charge in [0.05, 0.1) is 12.7 Å². The number of hydrogen-bond donors (Lipinski definition) is 1. The molecule has 0 fully saturated rings. The monoisotopic (exact) mass is 271 g/mol. The fraction of sp³-hybridized carbons (Fsp3) is 0.462. The van der Waals surface area contributed by atoms with Crippen LogP contribution in [-0.4, -0.2) is 49.3 Å². The highest BCUT2D eigenvalue weighted by Gasteiger charge is 2.15. The Kier molecular flexibility index (Phi) is 6.12. The summed E-state index contributed by atoms with van der Waals surface area (Å²) in [6.45, 7) is 0.442. The lowest BCUT2D eigenvalue weighted by atomic mass is 10.1. The Morgan fingerprint density at radius 1 is 1.56 bits per heavy atom. The maximum atomic E-state index is 12.1. The van der Waals surface area contributed by atoms with Crippen molar-refractivity contribution in [2.24, 2.45) is 0 Å². The normalized spacial score (nSPS) is 12.2. The summed E-state index contributed by atoms with van der Waals surface area (Å²) in [5, 5.41) is 9.58. The summed E-state index contributed by atoms with van der Waals surface area (Å²) in [6, 6.07) is 7.15. The third-order valence-electron chi connectivity index (χ3n) is 2.52. The molecular formula is C13H18ClNO3. The molecule has 1 aromatic rings. The minimum absolute atomic E-state index is 0.142. The van der Waals surface area contributed by atoms with Crippen molar-refractivity contribution in [1.29, 1.82) is 0 Å². The van der Waals surface area contributed by atoms with Crippen molar-refractivity contribution in [3.63, 3.8) is 0 Å². The maximum absolute atomic E-state index is 12.1. The van der Waals surface area contributed by atoms with Gasteiger partial charge in [0.2, 0.25) is 0 Å². The molecular weight excluding hydrogens is 254 g/mol. The molecule has 4 nitrogen and oxygen atoms in total. The standard InChI is InChI=1S/C13H18ClNO3/c1-15(8-12(16)9-18-2)13(17)11-5-3-4-10(6-11)7-14/h3-6,12,16H,7-9H2,1-2H3. The van der Waals surface area contributed by atoms with Crippen LogP contribution < -0.4 is 0 Å². The second kappa shape index (κ2) is 7.36. The SMILES string of the molecule is COCC(O)CN(C)C(=O)c1cccc(CCl)c1. The molecule has 0 spiro atoms. The molecule has 0 aliphatic rings. The first-order valence-electron chi connectivity index (χ1n) is 5.65. The van der Waals surface area contributed by atoms with Crippen LogP contribution in [0, 0.1) is 0 Å². The van der Waals surface area contributed by atoms with Crippen LogP contribution >= 0.6 is 11.6 Å². The number of carbonyl (C=O) groups excluding carboxylic acids is 1. The summed E-state index contributed by atoms with van der Waals surface area (Å²) in [7, 11) is 3.16. The number of halogens is 1. The molecule has 1 rings (SSSR count). The first-order valence-corrected chi connectivity index (χ1v) is 6.19. The molecule has 1 aromatic carbocycles. The number of rotatable bonds is 6. The van der Waals surface area contributed by atoms with E-state index in [1.807, 2.05) is 6.07 Å². The predicted octanol–water partition coefficient (Wildman–Crippen LogP) is 1.50. The van der Waals surface area contributed by atoms with E-state index in [2.05, 4.69) is 0 Å². The number of aliphatic hydroxyl groups is 1. The number of aliphatic hydroxyl groups excluding tert-OH is 1. The highest BCUT2D eigenvalue weighted by Crippen LogP contribution is 2.10. The van der Waals surface area contributed by atoms with E-state index in [9.17, 15) is 9.90 Å². The Bertz CT molecular complexity index is 398. The van der Waals surface area contributed by atoms with Gasteiger partial charge in [-0.05, 0) is 17.7 Å². The van der Waals surface area contributed by atoms with Gasteiger partial charge in [-0.25, -0.2) is 0 Å². The van der Waals surface area contributed by atoms with Crippen LogP contribution in [0.1, 0.15) is 15.9 Å². The van der Waals surface area contributed by atoms with Crippen molar-refractivity contribution >= 4 is 17.5 Å². The molecule has 0 aromatic heterocycles. The van der Waals surface area contributed by atoms with Gasteiger partial charge in [-0.15, -0.1) is 11.6 Å². The van der Waals surface area contributed by atoms with Crippen LogP contribution in [0.25, 0.3) is 0 Å². The van der Waals surface area contributed by atoms with E-state index in [1.54, 1.807) is 25.2 Å². The van der Waals surface area contributed by atoms with Crippen molar-refractivity contribution < 1.29 is 14.6 Å². The largest absolute Gasteiger partial charge is 0.389 e. The van der Waals surface area contributed by atoms with Gasteiger partial charge in [0.1, 0.15) is 0 Å². The van der Waals surface area contributed by atoms with E-state index in [0.717, 1.165) is 5.56 Å². The zero-order valence-electron chi connectivity index (χ0n) is 10.6. The third-order valence-corrected chi connectivity index (χ3v) is 2.83. The van der Waals surface area contributed by atoms with Crippen LogP contribution in [0.3, 0.4) is 0 Å². The van der Waals surface area contributed by atoms with Crippen molar-refractivity contribution in [3.05, 3.63) is 35.4 Å². The summed E-state index contributed by atoms with van der Waals surface area (Å²) in [5.41, 5.74) is 1.47. The van der Waals surface area contributed by atoms with Crippen molar-refractivity contribution in [1.82, 2.24) is 4.90 Å². The molecule has 1 atom stereocenters. The first-order chi connectivity index (χ1) is 8.58. The maximum Gasteiger partial charge on any atom is 0.253 e. The molecule has 0 radical (unpaired) electrons. The van der Waals surface area contributed by atoms with Crippen LogP contribution in [0.4, 0.5) is 0 Å². The second-order valence-electron chi connectivity index (χ2n) is 4.13. The lowest BCUT2D eigenvalue weighted by molar-refractivity contribution is 0.0380. The van der Waals surface area contributed by atoms with Gasteiger partial charge in [0.15, 0.2) is 0 Å². The summed E-state index contributed by atoms with van der Waals surface area (Å²) in [5.74, 6) is 0.231. The Morgan fingerprint density at radius 2 is 2.28 bits per heavy atom. The molecule has 1 unspecified atom stereocenters. The molecule has 5 heteroatoms. The van der Waals surface area contributed by atoms with E-state index in [-0.39, 0.29) is 19.1 Å². The molecule has 100 valence electrons. The number of carbonyl (C=O) groups is 1. The van der Waals surface area contributed by atoms with Crippen molar-refractivity contribution in [3.8, 4) is 0 Å². The van der Waals surface area contributed by atoms with Gasteiger partial charge >= 0.3 is 0 Å². The highest BCUT2D eigenvalue weighted by molar-refractivity contribution is 6.17. The third kappa shape index (κ3) is 4.29. The van der Waals surface area contributed by atoms with Crippen molar-refractivity contribution in [2.45, 2.75) is 12.0 Å². The lowest BCUT2D eigenvalue weighted by Gasteiger charge is -2.20. The fourth-order valence-corrected chi connectivity index (χ4v) is 1.82. The average molecular weight is 272 g/mol. The highest BCUT2D eigenvalue weighted by atomic mass is 35.5. The van der Waals surface area contributed by atoms with E-state index < -0.39 is 6.10 Å². The minimum Gasteiger partial charge on any atom is -0.389 e.